The van der Waals surface area contributed by atoms with Crippen molar-refractivity contribution in [2.24, 2.45) is 0 Å². The first kappa shape index (κ1) is 18.6. The molecule has 0 amide bonds. The zero-order valence-electron chi connectivity index (χ0n) is 14.1. The maximum absolute atomic E-state index is 12.0. The number of carbonyl (C=O) groups excluding carboxylic acids is 3. The van der Waals surface area contributed by atoms with E-state index in [1.54, 1.807) is 0 Å². The van der Waals surface area contributed by atoms with Crippen LogP contribution in [0.2, 0.25) is 0 Å². The summed E-state index contributed by atoms with van der Waals surface area (Å²) in [5, 5.41) is 26.0. The highest BCUT2D eigenvalue weighted by Gasteiger charge is 2.43. The molecule has 3 aliphatic rings. The lowest BCUT2D eigenvalue weighted by atomic mass is 10.2. The standard InChI is InChI=1S/C16H22N2O8/c19-10(7-24-14(21)8-3-1-5-17-8)12-11(20)13(16(23)25-12)26-15(22)9-4-2-6-18-9/h8-10,12,17-20H,1-7H2/t8?,9?,10-,12+/m0/s1. The SMILES string of the molecule is O=C1O[C@H]([C@@H](O)COC(=O)C2CCCN2)C(O)=C1OC(=O)C1CCCN1. The molecule has 4 atom stereocenters. The highest BCUT2D eigenvalue weighted by Crippen LogP contribution is 2.25. The van der Waals surface area contributed by atoms with Gasteiger partial charge in [0, 0.05) is 0 Å². The molecule has 0 aromatic rings. The van der Waals surface area contributed by atoms with Crippen molar-refractivity contribution in [3.05, 3.63) is 11.5 Å². The van der Waals surface area contributed by atoms with Crippen LogP contribution in [0, 0.1) is 0 Å². The van der Waals surface area contributed by atoms with Crippen LogP contribution in [0.3, 0.4) is 0 Å². The number of aliphatic hydroxyl groups is 2. The van der Waals surface area contributed by atoms with Crippen molar-refractivity contribution in [2.75, 3.05) is 19.7 Å². The van der Waals surface area contributed by atoms with Gasteiger partial charge in [0.25, 0.3) is 5.76 Å². The molecule has 0 spiro atoms. The summed E-state index contributed by atoms with van der Waals surface area (Å²) in [6, 6.07) is -0.972. The maximum Gasteiger partial charge on any atom is 0.378 e. The molecule has 2 fully saturated rings. The Morgan fingerprint density at radius 1 is 1.15 bits per heavy atom. The minimum absolute atomic E-state index is 0.423. The normalized spacial score (nSPS) is 29.6. The highest BCUT2D eigenvalue weighted by atomic mass is 16.6. The van der Waals surface area contributed by atoms with Crippen molar-refractivity contribution in [3.8, 4) is 0 Å². The third-order valence-corrected chi connectivity index (χ3v) is 4.56. The molecular weight excluding hydrogens is 348 g/mol. The summed E-state index contributed by atoms with van der Waals surface area (Å²) < 4.78 is 14.8. The van der Waals surface area contributed by atoms with E-state index in [9.17, 15) is 24.6 Å². The van der Waals surface area contributed by atoms with Crippen LogP contribution < -0.4 is 10.6 Å². The molecule has 3 heterocycles. The highest BCUT2D eigenvalue weighted by molar-refractivity contribution is 5.93. The molecule has 4 N–H and O–H groups in total. The summed E-state index contributed by atoms with van der Waals surface area (Å²) in [5.74, 6) is -3.61. The Bertz CT molecular complexity index is 607. The van der Waals surface area contributed by atoms with Crippen LogP contribution in [-0.4, -0.2) is 72.1 Å². The van der Waals surface area contributed by atoms with Gasteiger partial charge in [-0.3, -0.25) is 4.79 Å². The lowest BCUT2D eigenvalue weighted by Gasteiger charge is -2.18. The minimum atomic E-state index is -1.48. The first-order valence-corrected chi connectivity index (χ1v) is 8.64. The van der Waals surface area contributed by atoms with E-state index in [2.05, 4.69) is 10.6 Å². The third-order valence-electron chi connectivity index (χ3n) is 4.56. The molecule has 26 heavy (non-hydrogen) atoms. The van der Waals surface area contributed by atoms with Gasteiger partial charge in [-0.1, -0.05) is 0 Å². The number of carbonyl (C=O) groups is 3. The van der Waals surface area contributed by atoms with E-state index in [-0.39, 0.29) is 0 Å². The number of rotatable bonds is 6. The fourth-order valence-corrected chi connectivity index (χ4v) is 3.11. The number of cyclic esters (lactones) is 1. The number of nitrogens with one attached hydrogen (secondary N) is 2. The van der Waals surface area contributed by atoms with Gasteiger partial charge in [-0.25, -0.2) is 9.59 Å². The van der Waals surface area contributed by atoms with Gasteiger partial charge in [0.1, 0.15) is 24.8 Å². The van der Waals surface area contributed by atoms with Crippen molar-refractivity contribution in [1.82, 2.24) is 10.6 Å². The molecule has 3 rings (SSSR count). The smallest absolute Gasteiger partial charge is 0.378 e. The molecule has 3 aliphatic heterocycles. The molecule has 0 saturated carbocycles. The van der Waals surface area contributed by atoms with Crippen LogP contribution >= 0.6 is 0 Å². The predicted molar refractivity (Wildman–Crippen MR) is 84.6 cm³/mol. The molecule has 0 bridgehead atoms. The van der Waals surface area contributed by atoms with Crippen molar-refractivity contribution in [2.45, 2.75) is 50.0 Å². The quantitative estimate of drug-likeness (QED) is 0.327. The van der Waals surface area contributed by atoms with E-state index >= 15 is 0 Å². The summed E-state index contributed by atoms with van der Waals surface area (Å²) in [7, 11) is 0. The van der Waals surface area contributed by atoms with Crippen molar-refractivity contribution >= 4 is 17.9 Å². The predicted octanol–water partition coefficient (Wildman–Crippen LogP) is -1.37. The van der Waals surface area contributed by atoms with Gasteiger partial charge >= 0.3 is 17.9 Å². The number of hydrogen-bond acceptors (Lipinski definition) is 10. The number of aliphatic hydroxyl groups excluding tert-OH is 2. The largest absolute Gasteiger partial charge is 0.505 e. The van der Waals surface area contributed by atoms with Crippen molar-refractivity contribution in [3.63, 3.8) is 0 Å². The van der Waals surface area contributed by atoms with Crippen LogP contribution in [0.5, 0.6) is 0 Å². The zero-order valence-corrected chi connectivity index (χ0v) is 14.1. The lowest BCUT2D eigenvalue weighted by molar-refractivity contribution is -0.158. The average Bonchev–Trinajstić information content (AvgIpc) is 3.37. The second-order valence-electron chi connectivity index (χ2n) is 6.46. The average molecular weight is 370 g/mol. The number of esters is 3. The summed E-state index contributed by atoms with van der Waals surface area (Å²) in [6.45, 7) is 0.916. The monoisotopic (exact) mass is 370 g/mol. The maximum atomic E-state index is 12.0. The van der Waals surface area contributed by atoms with Crippen LogP contribution in [0.15, 0.2) is 11.5 Å². The molecule has 144 valence electrons. The third kappa shape index (κ3) is 3.97. The first-order chi connectivity index (χ1) is 12.5. The Kier molecular flexibility index (Phi) is 5.74. The van der Waals surface area contributed by atoms with Crippen molar-refractivity contribution < 1.29 is 38.8 Å². The van der Waals surface area contributed by atoms with Gasteiger partial charge in [-0.05, 0) is 38.8 Å². The lowest BCUT2D eigenvalue weighted by Crippen LogP contribution is -2.38. The van der Waals surface area contributed by atoms with Crippen LogP contribution in [-0.2, 0) is 28.6 Å². The van der Waals surface area contributed by atoms with E-state index in [0.717, 1.165) is 19.4 Å². The molecular formula is C16H22N2O8. The van der Waals surface area contributed by atoms with Crippen molar-refractivity contribution in [1.29, 1.82) is 0 Å². The Balaban J connectivity index is 1.55. The first-order valence-electron chi connectivity index (χ1n) is 8.64. The molecule has 10 heteroatoms. The van der Waals surface area contributed by atoms with E-state index in [1.165, 1.54) is 0 Å². The van der Waals surface area contributed by atoms with Gasteiger partial charge in [0.2, 0.25) is 0 Å². The number of ether oxygens (including phenoxy) is 3. The van der Waals surface area contributed by atoms with E-state index in [4.69, 9.17) is 14.2 Å². The van der Waals surface area contributed by atoms with Gasteiger partial charge in [-0.2, -0.15) is 0 Å². The second kappa shape index (κ2) is 8.02. The van der Waals surface area contributed by atoms with Crippen LogP contribution in [0.4, 0.5) is 0 Å². The second-order valence-corrected chi connectivity index (χ2v) is 6.46. The van der Waals surface area contributed by atoms with Crippen LogP contribution in [0.25, 0.3) is 0 Å². The Morgan fingerprint density at radius 3 is 2.35 bits per heavy atom. The molecule has 0 aliphatic carbocycles. The molecule has 0 radical (unpaired) electrons. The molecule has 0 aromatic heterocycles. The van der Waals surface area contributed by atoms with Gasteiger partial charge in [-0.15, -0.1) is 0 Å². The van der Waals surface area contributed by atoms with E-state index in [1.807, 2.05) is 0 Å². The molecule has 0 aromatic carbocycles. The van der Waals surface area contributed by atoms with E-state index in [0.29, 0.717) is 19.4 Å². The zero-order chi connectivity index (χ0) is 18.7. The fraction of sp³-hybridized carbons (Fsp3) is 0.688. The number of hydrogen-bond donors (Lipinski definition) is 4. The fourth-order valence-electron chi connectivity index (χ4n) is 3.11. The van der Waals surface area contributed by atoms with Gasteiger partial charge in [0.05, 0.1) is 0 Å². The van der Waals surface area contributed by atoms with Gasteiger partial charge in [0.15, 0.2) is 11.9 Å². The van der Waals surface area contributed by atoms with Gasteiger partial charge < -0.3 is 35.1 Å². The minimum Gasteiger partial charge on any atom is -0.505 e. The Morgan fingerprint density at radius 2 is 1.77 bits per heavy atom. The molecule has 10 nitrogen and oxygen atoms in total. The summed E-state index contributed by atoms with van der Waals surface area (Å²) in [5.41, 5.74) is 0. The molecule has 2 unspecified atom stereocenters. The Labute approximate surface area is 149 Å². The van der Waals surface area contributed by atoms with Crippen LogP contribution in [0.1, 0.15) is 25.7 Å². The topological polar surface area (TPSA) is 143 Å². The summed E-state index contributed by atoms with van der Waals surface area (Å²) in [6.07, 6.45) is -0.0576. The Hall–Kier alpha value is -2.17. The van der Waals surface area contributed by atoms with E-state index < -0.39 is 60.3 Å². The summed E-state index contributed by atoms with van der Waals surface area (Å²) >= 11 is 0. The summed E-state index contributed by atoms with van der Waals surface area (Å²) in [4.78, 5) is 35.6. The molecule has 2 saturated heterocycles.